The molecule has 0 radical (unpaired) electrons. The van der Waals surface area contributed by atoms with Gasteiger partial charge in [-0.3, -0.25) is 5.10 Å². The van der Waals surface area contributed by atoms with E-state index in [4.69, 9.17) is 11.6 Å². The van der Waals surface area contributed by atoms with Crippen molar-refractivity contribution in [2.75, 3.05) is 5.32 Å². The minimum absolute atomic E-state index is 0.547. The van der Waals surface area contributed by atoms with Crippen LogP contribution in [0.2, 0.25) is 5.02 Å². The molecule has 1 heterocycles. The predicted octanol–water partition coefficient (Wildman–Crippen LogP) is 4.57. The molecule has 1 saturated carbocycles. The highest BCUT2D eigenvalue weighted by atomic mass is 35.5. The maximum atomic E-state index is 5.93. The molecule has 106 valence electrons. The van der Waals surface area contributed by atoms with Gasteiger partial charge in [-0.05, 0) is 54.7 Å². The van der Waals surface area contributed by atoms with E-state index in [9.17, 15) is 0 Å². The summed E-state index contributed by atoms with van der Waals surface area (Å²) in [5, 5.41) is 12.6. The molecule has 0 saturated heterocycles. The zero-order chi connectivity index (χ0) is 14.2. The third-order valence-corrected chi connectivity index (χ3v) is 4.54. The van der Waals surface area contributed by atoms with Crippen LogP contribution in [0.5, 0.6) is 0 Å². The molecule has 0 bridgehead atoms. The number of nitrogens with zero attached hydrogens (tertiary/aromatic N) is 1. The van der Waals surface area contributed by atoms with Crippen molar-refractivity contribution in [1.29, 1.82) is 0 Å². The van der Waals surface area contributed by atoms with Gasteiger partial charge in [-0.15, -0.1) is 0 Å². The number of rotatable bonds is 3. The fourth-order valence-corrected chi connectivity index (χ4v) is 3.13. The van der Waals surface area contributed by atoms with Crippen LogP contribution in [0.4, 0.5) is 5.69 Å². The number of halogens is 1. The molecule has 3 nitrogen and oxygen atoms in total. The van der Waals surface area contributed by atoms with Gasteiger partial charge in [-0.2, -0.15) is 5.10 Å². The molecule has 1 aliphatic carbocycles. The van der Waals surface area contributed by atoms with Gasteiger partial charge in [0.1, 0.15) is 0 Å². The van der Waals surface area contributed by atoms with E-state index in [1.807, 2.05) is 18.3 Å². The monoisotopic (exact) mass is 297 g/mol. The predicted molar refractivity (Wildman–Crippen MR) is 86.9 cm³/mol. The summed E-state index contributed by atoms with van der Waals surface area (Å²) in [4.78, 5) is 0. The molecule has 0 amide bonds. The molecule has 0 atom stereocenters. The number of aromatic amines is 1. The lowest BCUT2D eigenvalue weighted by atomic mass is 9.76. The quantitative estimate of drug-likeness (QED) is 0.743. The van der Waals surface area contributed by atoms with E-state index in [0.717, 1.165) is 21.6 Å². The highest BCUT2D eigenvalue weighted by molar-refractivity contribution is 6.30. The van der Waals surface area contributed by atoms with Crippen molar-refractivity contribution >= 4 is 28.2 Å². The second-order valence-electron chi connectivity index (χ2n) is 5.73. The Morgan fingerprint density at radius 2 is 1.90 bits per heavy atom. The molecular weight excluding hydrogens is 282 g/mol. The van der Waals surface area contributed by atoms with E-state index in [1.54, 1.807) is 0 Å². The third kappa shape index (κ3) is 2.49. The topological polar surface area (TPSA) is 40.7 Å². The number of hydrogen-bond acceptors (Lipinski definition) is 2. The maximum Gasteiger partial charge on any atom is 0.0670 e. The van der Waals surface area contributed by atoms with Crippen molar-refractivity contribution in [2.24, 2.45) is 0 Å². The van der Waals surface area contributed by atoms with Crippen LogP contribution in [0.1, 0.15) is 24.3 Å². The molecule has 21 heavy (non-hydrogen) atoms. The second kappa shape index (κ2) is 5.08. The van der Waals surface area contributed by atoms with Crippen LogP contribution >= 0.6 is 11.6 Å². The van der Waals surface area contributed by atoms with Crippen molar-refractivity contribution < 1.29 is 0 Å². The zero-order valence-electron chi connectivity index (χ0n) is 11.5. The van der Waals surface area contributed by atoms with E-state index in [-0.39, 0.29) is 0 Å². The molecule has 4 heteroatoms. The first-order valence-corrected chi connectivity index (χ1v) is 7.61. The number of aromatic nitrogens is 2. The Kier molecular flexibility index (Phi) is 3.08. The Morgan fingerprint density at radius 3 is 2.71 bits per heavy atom. The molecule has 1 aromatic heterocycles. The lowest BCUT2D eigenvalue weighted by Gasteiger charge is -2.37. The molecule has 1 aliphatic rings. The van der Waals surface area contributed by atoms with Gasteiger partial charge in [0, 0.05) is 22.1 Å². The summed E-state index contributed by atoms with van der Waals surface area (Å²) in [7, 11) is 0. The van der Waals surface area contributed by atoms with Crippen molar-refractivity contribution in [3.63, 3.8) is 0 Å². The Balaban J connectivity index is 1.40. The van der Waals surface area contributed by atoms with E-state index in [0.29, 0.717) is 12.0 Å². The first-order valence-electron chi connectivity index (χ1n) is 7.23. The van der Waals surface area contributed by atoms with Crippen LogP contribution in [-0.4, -0.2) is 16.2 Å². The summed E-state index contributed by atoms with van der Waals surface area (Å²) in [6.45, 7) is 0. The third-order valence-electron chi connectivity index (χ3n) is 4.29. The van der Waals surface area contributed by atoms with Gasteiger partial charge >= 0.3 is 0 Å². The van der Waals surface area contributed by atoms with Crippen molar-refractivity contribution in [2.45, 2.75) is 24.8 Å². The normalized spacial score (nSPS) is 21.2. The number of hydrogen-bond donors (Lipinski definition) is 2. The number of nitrogens with one attached hydrogen (secondary N) is 2. The Hall–Kier alpha value is -2.00. The Bertz CT molecular complexity index is 757. The van der Waals surface area contributed by atoms with Crippen LogP contribution in [0, 0.1) is 0 Å². The van der Waals surface area contributed by atoms with Gasteiger partial charge in [0.05, 0.1) is 11.7 Å². The molecule has 0 unspecified atom stereocenters. The summed E-state index contributed by atoms with van der Waals surface area (Å²) < 4.78 is 0. The minimum atomic E-state index is 0.547. The van der Waals surface area contributed by atoms with Gasteiger partial charge in [-0.1, -0.05) is 23.7 Å². The SMILES string of the molecule is Clc1ccc(C2CC(Nc3ccc4cn[nH]c4c3)C2)cc1. The lowest BCUT2D eigenvalue weighted by Crippen LogP contribution is -2.33. The maximum absolute atomic E-state index is 5.93. The molecule has 1 fully saturated rings. The summed E-state index contributed by atoms with van der Waals surface area (Å²) in [5.41, 5.74) is 3.63. The molecule has 0 spiro atoms. The van der Waals surface area contributed by atoms with Crippen LogP contribution in [0.15, 0.2) is 48.7 Å². The van der Waals surface area contributed by atoms with Crippen molar-refractivity contribution in [3.8, 4) is 0 Å². The van der Waals surface area contributed by atoms with E-state index < -0.39 is 0 Å². The van der Waals surface area contributed by atoms with Crippen molar-refractivity contribution in [3.05, 3.63) is 59.2 Å². The summed E-state index contributed by atoms with van der Waals surface area (Å²) in [6.07, 6.45) is 4.18. The van der Waals surface area contributed by atoms with Gasteiger partial charge in [0.15, 0.2) is 0 Å². The fourth-order valence-electron chi connectivity index (χ4n) is 3.01. The first kappa shape index (κ1) is 12.7. The smallest absolute Gasteiger partial charge is 0.0670 e. The molecule has 2 N–H and O–H groups in total. The molecule has 2 aromatic carbocycles. The van der Waals surface area contributed by atoms with Crippen LogP contribution in [0.25, 0.3) is 10.9 Å². The average Bonchev–Trinajstić information content (AvgIpc) is 2.91. The number of H-pyrrole nitrogens is 1. The molecular formula is C17H16ClN3. The number of anilines is 1. The van der Waals surface area contributed by atoms with Crippen LogP contribution in [-0.2, 0) is 0 Å². The Labute approximate surface area is 128 Å². The average molecular weight is 298 g/mol. The largest absolute Gasteiger partial charge is 0.382 e. The minimum Gasteiger partial charge on any atom is -0.382 e. The standard InChI is InChI=1S/C17H16ClN3/c18-14-4-1-11(2-5-14)13-7-16(8-13)20-15-6-3-12-10-19-21-17(12)9-15/h1-6,9-10,13,16,20H,7-8H2,(H,19,21). The van der Waals surface area contributed by atoms with Gasteiger partial charge in [0.25, 0.3) is 0 Å². The number of benzene rings is 2. The summed E-state index contributed by atoms with van der Waals surface area (Å²) >= 11 is 5.93. The first-order chi connectivity index (χ1) is 10.3. The van der Waals surface area contributed by atoms with Gasteiger partial charge < -0.3 is 5.32 Å². The zero-order valence-corrected chi connectivity index (χ0v) is 12.3. The molecule has 3 aromatic rings. The van der Waals surface area contributed by atoms with E-state index >= 15 is 0 Å². The lowest BCUT2D eigenvalue weighted by molar-refractivity contribution is 0.374. The highest BCUT2D eigenvalue weighted by Gasteiger charge is 2.30. The summed E-state index contributed by atoms with van der Waals surface area (Å²) in [5.74, 6) is 0.649. The van der Waals surface area contributed by atoms with E-state index in [1.165, 1.54) is 18.4 Å². The summed E-state index contributed by atoms with van der Waals surface area (Å²) in [6, 6.07) is 15.1. The van der Waals surface area contributed by atoms with Crippen LogP contribution in [0.3, 0.4) is 0 Å². The highest BCUT2D eigenvalue weighted by Crippen LogP contribution is 2.38. The van der Waals surface area contributed by atoms with Gasteiger partial charge in [0.2, 0.25) is 0 Å². The van der Waals surface area contributed by atoms with Gasteiger partial charge in [-0.25, -0.2) is 0 Å². The Morgan fingerprint density at radius 1 is 1.10 bits per heavy atom. The van der Waals surface area contributed by atoms with Crippen molar-refractivity contribution in [1.82, 2.24) is 10.2 Å². The molecule has 4 rings (SSSR count). The van der Waals surface area contributed by atoms with E-state index in [2.05, 4.69) is 45.8 Å². The fraction of sp³-hybridized carbons (Fsp3) is 0.235. The second-order valence-corrected chi connectivity index (χ2v) is 6.17. The number of fused-ring (bicyclic) bond motifs is 1. The molecule has 0 aliphatic heterocycles. The van der Waals surface area contributed by atoms with Crippen LogP contribution < -0.4 is 5.32 Å².